The second-order valence-electron chi connectivity index (χ2n) is 3.37. The molecule has 1 rings (SSSR count). The average Bonchev–Trinajstić information content (AvgIpc) is 2.32. The quantitative estimate of drug-likeness (QED) is 0.674. The summed E-state index contributed by atoms with van der Waals surface area (Å²) in [5.74, 6) is 0.319. The lowest BCUT2D eigenvalue weighted by atomic mass is 10.4. The first kappa shape index (κ1) is 13.7. The Balaban J connectivity index is 2.81. The highest BCUT2D eigenvalue weighted by molar-refractivity contribution is 5.16. The third-order valence-corrected chi connectivity index (χ3v) is 2.26. The van der Waals surface area contributed by atoms with E-state index in [2.05, 4.69) is 0 Å². The Bertz CT molecular complexity index is 382. The smallest absolute Gasteiger partial charge is 0.293 e. The van der Waals surface area contributed by atoms with Crippen molar-refractivity contribution in [3.8, 4) is 5.75 Å². The highest BCUT2D eigenvalue weighted by Gasteiger charge is 2.11. The van der Waals surface area contributed by atoms with Crippen molar-refractivity contribution in [3.05, 3.63) is 28.7 Å². The van der Waals surface area contributed by atoms with Gasteiger partial charge in [-0.15, -0.1) is 0 Å². The lowest BCUT2D eigenvalue weighted by Crippen LogP contribution is -2.30. The molecule has 0 aliphatic carbocycles. The summed E-state index contributed by atoms with van der Waals surface area (Å²) < 4.78 is 17.3. The zero-order chi connectivity index (χ0) is 12.7. The van der Waals surface area contributed by atoms with Gasteiger partial charge in [-0.1, -0.05) is 0 Å². The molecule has 1 aromatic rings. The molecule has 5 nitrogen and oxygen atoms in total. The molecule has 1 aromatic heterocycles. The number of pyridine rings is 1. The summed E-state index contributed by atoms with van der Waals surface area (Å²) in [4.78, 5) is 11.9. The summed E-state index contributed by atoms with van der Waals surface area (Å²) in [7, 11) is 1.48. The van der Waals surface area contributed by atoms with Crippen LogP contribution in [-0.4, -0.2) is 31.2 Å². The fourth-order valence-electron chi connectivity index (χ4n) is 1.50. The van der Waals surface area contributed by atoms with E-state index >= 15 is 0 Å². The Labute approximate surface area is 101 Å². The average molecular weight is 241 g/mol. The van der Waals surface area contributed by atoms with E-state index in [1.165, 1.54) is 11.7 Å². The second kappa shape index (κ2) is 7.09. The summed E-state index contributed by atoms with van der Waals surface area (Å²) in [6.07, 6.45) is 1.28. The predicted octanol–water partition coefficient (Wildman–Crippen LogP) is 1.26. The first-order valence-corrected chi connectivity index (χ1v) is 5.69. The number of hydrogen-bond acceptors (Lipinski definition) is 4. The van der Waals surface area contributed by atoms with Gasteiger partial charge in [0.25, 0.3) is 5.56 Å². The third kappa shape index (κ3) is 3.87. The second-order valence-corrected chi connectivity index (χ2v) is 3.37. The number of rotatable bonds is 7. The minimum Gasteiger partial charge on any atom is -0.491 e. The number of nitrogens with zero attached hydrogens (tertiary/aromatic N) is 1. The van der Waals surface area contributed by atoms with Gasteiger partial charge in [-0.2, -0.15) is 0 Å². The van der Waals surface area contributed by atoms with Crippen molar-refractivity contribution in [3.63, 3.8) is 0 Å². The Morgan fingerprint density at radius 2 is 1.94 bits per heavy atom. The largest absolute Gasteiger partial charge is 0.491 e. The third-order valence-electron chi connectivity index (χ3n) is 2.26. The normalized spacial score (nSPS) is 10.8. The molecule has 0 aliphatic rings. The van der Waals surface area contributed by atoms with Gasteiger partial charge in [0.1, 0.15) is 0 Å². The molecule has 17 heavy (non-hydrogen) atoms. The molecule has 5 heteroatoms. The maximum Gasteiger partial charge on any atom is 0.293 e. The van der Waals surface area contributed by atoms with Gasteiger partial charge in [-0.25, -0.2) is 0 Å². The fraction of sp³-hybridized carbons (Fsp3) is 0.583. The van der Waals surface area contributed by atoms with E-state index in [4.69, 9.17) is 14.2 Å². The Kier molecular flexibility index (Phi) is 5.72. The molecule has 0 aromatic carbocycles. The van der Waals surface area contributed by atoms with Crippen molar-refractivity contribution in [1.82, 2.24) is 4.57 Å². The van der Waals surface area contributed by atoms with E-state index in [1.54, 1.807) is 18.3 Å². The standard InChI is InChI=1S/C12H19NO4/c1-4-16-11(17-5-2)9-13-8-6-7-10(15-3)12(13)14/h6-8,11H,4-5,9H2,1-3H3. The van der Waals surface area contributed by atoms with Crippen LogP contribution in [0.25, 0.3) is 0 Å². The molecule has 1 heterocycles. The van der Waals surface area contributed by atoms with Gasteiger partial charge in [0.05, 0.1) is 13.7 Å². The van der Waals surface area contributed by atoms with Gasteiger partial charge in [-0.3, -0.25) is 4.79 Å². The lowest BCUT2D eigenvalue weighted by molar-refractivity contribution is -0.144. The Hall–Kier alpha value is -1.33. The van der Waals surface area contributed by atoms with Crippen molar-refractivity contribution in [1.29, 1.82) is 0 Å². The Morgan fingerprint density at radius 1 is 1.29 bits per heavy atom. The molecule has 0 N–H and O–H groups in total. The highest BCUT2D eigenvalue weighted by atomic mass is 16.7. The zero-order valence-electron chi connectivity index (χ0n) is 10.5. The summed E-state index contributed by atoms with van der Waals surface area (Å²) in [6.45, 7) is 5.23. The molecule has 0 aliphatic heterocycles. The first-order chi connectivity index (χ1) is 8.22. The summed E-state index contributed by atoms with van der Waals surface area (Å²) in [5.41, 5.74) is -0.181. The lowest BCUT2D eigenvalue weighted by Gasteiger charge is -2.18. The van der Waals surface area contributed by atoms with E-state index in [9.17, 15) is 4.79 Å². The van der Waals surface area contributed by atoms with Gasteiger partial charge in [-0.05, 0) is 26.0 Å². The van der Waals surface area contributed by atoms with Gasteiger partial charge in [0.2, 0.25) is 0 Å². The van der Waals surface area contributed by atoms with Crippen LogP contribution >= 0.6 is 0 Å². The molecule has 0 bridgehead atoms. The number of hydrogen-bond donors (Lipinski definition) is 0. The molecule has 0 saturated carbocycles. The van der Waals surface area contributed by atoms with Crippen LogP contribution in [0.4, 0.5) is 0 Å². The zero-order valence-corrected chi connectivity index (χ0v) is 10.5. The molecule has 0 fully saturated rings. The highest BCUT2D eigenvalue weighted by Crippen LogP contribution is 2.03. The van der Waals surface area contributed by atoms with Crippen LogP contribution in [0.2, 0.25) is 0 Å². The van der Waals surface area contributed by atoms with E-state index in [-0.39, 0.29) is 5.56 Å². The summed E-state index contributed by atoms with van der Waals surface area (Å²) in [5, 5.41) is 0. The fourth-order valence-corrected chi connectivity index (χ4v) is 1.50. The Morgan fingerprint density at radius 3 is 2.47 bits per heavy atom. The maximum atomic E-state index is 11.9. The predicted molar refractivity (Wildman–Crippen MR) is 64.3 cm³/mol. The first-order valence-electron chi connectivity index (χ1n) is 5.69. The SMILES string of the molecule is CCOC(Cn1cccc(OC)c1=O)OCC. The van der Waals surface area contributed by atoms with Crippen LogP contribution < -0.4 is 10.3 Å². The maximum absolute atomic E-state index is 11.9. The minimum absolute atomic E-state index is 0.181. The van der Waals surface area contributed by atoms with Crippen LogP contribution in [0, 0.1) is 0 Å². The van der Waals surface area contributed by atoms with Gasteiger partial charge in [0, 0.05) is 19.4 Å². The minimum atomic E-state index is -0.408. The summed E-state index contributed by atoms with van der Waals surface area (Å²) >= 11 is 0. The molecule has 96 valence electrons. The van der Waals surface area contributed by atoms with Gasteiger partial charge < -0.3 is 18.8 Å². The number of aromatic nitrogens is 1. The van der Waals surface area contributed by atoms with E-state index in [1.807, 2.05) is 13.8 Å². The molecule has 0 saturated heterocycles. The van der Waals surface area contributed by atoms with Crippen molar-refractivity contribution in [2.24, 2.45) is 0 Å². The van der Waals surface area contributed by atoms with E-state index in [0.717, 1.165) is 0 Å². The van der Waals surface area contributed by atoms with Crippen molar-refractivity contribution >= 4 is 0 Å². The molecule has 0 radical (unpaired) electrons. The molecule has 0 spiro atoms. The molecule has 0 unspecified atom stereocenters. The van der Waals surface area contributed by atoms with Crippen LogP contribution in [0.5, 0.6) is 5.75 Å². The van der Waals surface area contributed by atoms with Crippen LogP contribution in [0.3, 0.4) is 0 Å². The number of ether oxygens (including phenoxy) is 3. The van der Waals surface area contributed by atoms with Gasteiger partial charge in [0.15, 0.2) is 12.0 Å². The van der Waals surface area contributed by atoms with E-state index in [0.29, 0.717) is 25.5 Å². The molecular weight excluding hydrogens is 222 g/mol. The van der Waals surface area contributed by atoms with E-state index < -0.39 is 6.29 Å². The molecular formula is C12H19NO4. The van der Waals surface area contributed by atoms with Crippen molar-refractivity contribution in [2.75, 3.05) is 20.3 Å². The molecule has 0 atom stereocenters. The van der Waals surface area contributed by atoms with Crippen molar-refractivity contribution in [2.45, 2.75) is 26.7 Å². The topological polar surface area (TPSA) is 49.7 Å². The van der Waals surface area contributed by atoms with Crippen LogP contribution in [0.15, 0.2) is 23.1 Å². The number of methoxy groups -OCH3 is 1. The molecule has 0 amide bonds. The van der Waals surface area contributed by atoms with Gasteiger partial charge >= 0.3 is 0 Å². The van der Waals surface area contributed by atoms with Crippen molar-refractivity contribution < 1.29 is 14.2 Å². The van der Waals surface area contributed by atoms with Crippen LogP contribution in [0.1, 0.15) is 13.8 Å². The van der Waals surface area contributed by atoms with Crippen LogP contribution in [-0.2, 0) is 16.0 Å². The summed E-state index contributed by atoms with van der Waals surface area (Å²) in [6, 6.07) is 3.39. The monoisotopic (exact) mass is 241 g/mol.